The molecule has 7 heteroatoms. The van der Waals surface area contributed by atoms with E-state index < -0.39 is 0 Å². The molecule has 27 heavy (non-hydrogen) atoms. The van der Waals surface area contributed by atoms with Crippen LogP contribution in [0.4, 0.5) is 5.69 Å². The van der Waals surface area contributed by atoms with Crippen molar-refractivity contribution in [3.63, 3.8) is 0 Å². The van der Waals surface area contributed by atoms with Crippen LogP contribution in [0.5, 0.6) is 5.75 Å². The summed E-state index contributed by atoms with van der Waals surface area (Å²) in [7, 11) is 1.68. The maximum absolute atomic E-state index is 13.0. The van der Waals surface area contributed by atoms with Gasteiger partial charge in [0.2, 0.25) is 0 Å². The summed E-state index contributed by atoms with van der Waals surface area (Å²) in [6.07, 6.45) is 2.50. The zero-order valence-electron chi connectivity index (χ0n) is 15.6. The van der Waals surface area contributed by atoms with Gasteiger partial charge < -0.3 is 14.5 Å². The van der Waals surface area contributed by atoms with Crippen molar-refractivity contribution in [1.29, 1.82) is 0 Å². The van der Waals surface area contributed by atoms with Crippen LogP contribution in [0.1, 0.15) is 23.1 Å². The molecule has 2 aromatic heterocycles. The molecule has 1 aliphatic heterocycles. The first kappa shape index (κ1) is 17.3. The number of amides is 1. The van der Waals surface area contributed by atoms with Gasteiger partial charge in [-0.3, -0.25) is 4.79 Å². The Morgan fingerprint density at radius 2 is 1.93 bits per heavy atom. The van der Waals surface area contributed by atoms with Gasteiger partial charge in [0.1, 0.15) is 11.4 Å². The first-order chi connectivity index (χ1) is 13.2. The SMILES string of the molecule is CCc1cc(C(=O)N2CCN(c3ccccc3OC)CC2)nc2ccnn12. The molecular formula is C20H23N5O2. The summed E-state index contributed by atoms with van der Waals surface area (Å²) in [6, 6.07) is 11.7. The molecule has 4 rings (SSSR count). The van der Waals surface area contributed by atoms with Crippen molar-refractivity contribution in [2.75, 3.05) is 38.2 Å². The molecule has 1 saturated heterocycles. The zero-order chi connectivity index (χ0) is 18.8. The second kappa shape index (κ2) is 7.26. The van der Waals surface area contributed by atoms with Crippen molar-refractivity contribution in [3.05, 3.63) is 54.0 Å². The number of carbonyl (C=O) groups excluding carboxylic acids is 1. The van der Waals surface area contributed by atoms with E-state index in [4.69, 9.17) is 4.74 Å². The lowest BCUT2D eigenvalue weighted by Gasteiger charge is -2.36. The monoisotopic (exact) mass is 365 g/mol. The van der Waals surface area contributed by atoms with Crippen LogP contribution in [-0.4, -0.2) is 58.7 Å². The molecule has 140 valence electrons. The topological polar surface area (TPSA) is 63.0 Å². The molecule has 7 nitrogen and oxygen atoms in total. The van der Waals surface area contributed by atoms with E-state index in [0.29, 0.717) is 24.4 Å². The fourth-order valence-corrected chi connectivity index (χ4v) is 3.54. The average Bonchev–Trinajstić information content (AvgIpc) is 3.21. The second-order valence-corrected chi connectivity index (χ2v) is 6.54. The molecule has 0 atom stereocenters. The van der Waals surface area contributed by atoms with E-state index >= 15 is 0 Å². The number of aryl methyl sites for hydroxylation is 1. The van der Waals surface area contributed by atoms with Crippen LogP contribution >= 0.6 is 0 Å². The van der Waals surface area contributed by atoms with Gasteiger partial charge in [-0.2, -0.15) is 5.10 Å². The Hall–Kier alpha value is -3.09. The normalized spacial score (nSPS) is 14.6. The quantitative estimate of drug-likeness (QED) is 0.710. The van der Waals surface area contributed by atoms with Gasteiger partial charge in [0.05, 0.1) is 19.0 Å². The average molecular weight is 365 g/mol. The van der Waals surface area contributed by atoms with E-state index in [0.717, 1.165) is 36.6 Å². The smallest absolute Gasteiger partial charge is 0.272 e. The van der Waals surface area contributed by atoms with E-state index in [-0.39, 0.29) is 5.91 Å². The standard InChI is InChI=1S/C20H23N5O2/c1-3-15-14-16(22-19-8-9-21-25(15)19)20(26)24-12-10-23(11-13-24)17-6-4-5-7-18(17)27-2/h4-9,14H,3,10-13H2,1-2H3. The number of carbonyl (C=O) groups is 1. The van der Waals surface area contributed by atoms with Gasteiger partial charge in [-0.1, -0.05) is 19.1 Å². The molecule has 0 unspecified atom stereocenters. The van der Waals surface area contributed by atoms with Crippen molar-refractivity contribution in [2.24, 2.45) is 0 Å². The number of benzene rings is 1. The highest BCUT2D eigenvalue weighted by Gasteiger charge is 2.25. The third-order valence-corrected chi connectivity index (χ3v) is 5.01. The van der Waals surface area contributed by atoms with Crippen molar-refractivity contribution >= 4 is 17.2 Å². The maximum Gasteiger partial charge on any atom is 0.272 e. The lowest BCUT2D eigenvalue weighted by Crippen LogP contribution is -2.49. The lowest BCUT2D eigenvalue weighted by atomic mass is 10.2. The minimum atomic E-state index is -0.0203. The third kappa shape index (κ3) is 3.20. The zero-order valence-corrected chi connectivity index (χ0v) is 15.6. The van der Waals surface area contributed by atoms with E-state index in [9.17, 15) is 4.79 Å². The van der Waals surface area contributed by atoms with E-state index in [1.54, 1.807) is 17.8 Å². The number of piperazine rings is 1. The first-order valence-electron chi connectivity index (χ1n) is 9.22. The molecule has 0 N–H and O–H groups in total. The van der Waals surface area contributed by atoms with Crippen LogP contribution in [-0.2, 0) is 6.42 Å². The van der Waals surface area contributed by atoms with E-state index in [1.165, 1.54) is 0 Å². The van der Waals surface area contributed by atoms with Crippen LogP contribution < -0.4 is 9.64 Å². The second-order valence-electron chi connectivity index (χ2n) is 6.54. The van der Waals surface area contributed by atoms with Crippen LogP contribution in [0.3, 0.4) is 0 Å². The molecule has 3 heterocycles. The Morgan fingerprint density at radius 1 is 1.15 bits per heavy atom. The van der Waals surface area contributed by atoms with Gasteiger partial charge in [0.25, 0.3) is 5.91 Å². The highest BCUT2D eigenvalue weighted by Crippen LogP contribution is 2.28. The first-order valence-corrected chi connectivity index (χ1v) is 9.22. The summed E-state index contributed by atoms with van der Waals surface area (Å²) in [5, 5.41) is 4.27. The van der Waals surface area contributed by atoms with E-state index in [2.05, 4.69) is 28.0 Å². The van der Waals surface area contributed by atoms with Crippen molar-refractivity contribution in [2.45, 2.75) is 13.3 Å². The Kier molecular flexibility index (Phi) is 4.66. The van der Waals surface area contributed by atoms with E-state index in [1.807, 2.05) is 35.2 Å². The van der Waals surface area contributed by atoms with Crippen molar-refractivity contribution < 1.29 is 9.53 Å². The molecule has 0 spiro atoms. The summed E-state index contributed by atoms with van der Waals surface area (Å²) in [4.78, 5) is 21.6. The summed E-state index contributed by atoms with van der Waals surface area (Å²) >= 11 is 0. The minimum absolute atomic E-state index is 0.0203. The van der Waals surface area contributed by atoms with Gasteiger partial charge in [-0.15, -0.1) is 0 Å². The fraction of sp³-hybridized carbons (Fsp3) is 0.350. The molecule has 1 aromatic carbocycles. The lowest BCUT2D eigenvalue weighted by molar-refractivity contribution is 0.0740. The molecule has 1 fully saturated rings. The molecule has 0 bridgehead atoms. The molecule has 0 saturated carbocycles. The number of rotatable bonds is 4. The molecule has 0 aliphatic carbocycles. The molecular weight excluding hydrogens is 342 g/mol. The van der Waals surface area contributed by atoms with Gasteiger partial charge >= 0.3 is 0 Å². The predicted octanol–water partition coefficient (Wildman–Crippen LogP) is 2.26. The Labute approximate surface area is 158 Å². The third-order valence-electron chi connectivity index (χ3n) is 5.01. The number of aromatic nitrogens is 3. The van der Waals surface area contributed by atoms with Gasteiger partial charge in [-0.05, 0) is 24.6 Å². The maximum atomic E-state index is 13.0. The molecule has 3 aromatic rings. The Bertz CT molecular complexity index is 960. The molecule has 0 radical (unpaired) electrons. The van der Waals surface area contributed by atoms with Crippen LogP contribution in [0, 0.1) is 0 Å². The van der Waals surface area contributed by atoms with Crippen LogP contribution in [0.2, 0.25) is 0 Å². The molecule has 1 aliphatic rings. The summed E-state index contributed by atoms with van der Waals surface area (Å²) < 4.78 is 7.25. The number of anilines is 1. The van der Waals surface area contributed by atoms with Gasteiger partial charge in [0, 0.05) is 37.9 Å². The number of methoxy groups -OCH3 is 1. The summed E-state index contributed by atoms with van der Waals surface area (Å²) in [5.41, 5.74) is 3.26. The Balaban J connectivity index is 1.50. The number of hydrogen-bond acceptors (Lipinski definition) is 5. The Morgan fingerprint density at radius 3 is 2.67 bits per heavy atom. The largest absolute Gasteiger partial charge is 0.495 e. The van der Waals surface area contributed by atoms with Gasteiger partial charge in [0.15, 0.2) is 5.65 Å². The number of nitrogens with zero attached hydrogens (tertiary/aromatic N) is 5. The minimum Gasteiger partial charge on any atom is -0.495 e. The number of hydrogen-bond donors (Lipinski definition) is 0. The van der Waals surface area contributed by atoms with Crippen LogP contribution in [0.15, 0.2) is 42.6 Å². The highest BCUT2D eigenvalue weighted by atomic mass is 16.5. The predicted molar refractivity (Wildman–Crippen MR) is 103 cm³/mol. The number of ether oxygens (including phenoxy) is 1. The molecule has 1 amide bonds. The summed E-state index contributed by atoms with van der Waals surface area (Å²) in [6.45, 7) is 4.90. The van der Waals surface area contributed by atoms with Crippen molar-refractivity contribution in [1.82, 2.24) is 19.5 Å². The van der Waals surface area contributed by atoms with Crippen LogP contribution in [0.25, 0.3) is 5.65 Å². The van der Waals surface area contributed by atoms with Crippen molar-refractivity contribution in [3.8, 4) is 5.75 Å². The van der Waals surface area contributed by atoms with Gasteiger partial charge in [-0.25, -0.2) is 9.50 Å². The summed E-state index contributed by atoms with van der Waals surface area (Å²) in [5.74, 6) is 0.839. The fourth-order valence-electron chi connectivity index (χ4n) is 3.54. The highest BCUT2D eigenvalue weighted by molar-refractivity contribution is 5.93. The number of fused-ring (bicyclic) bond motifs is 1. The number of para-hydroxylation sites is 2.